The van der Waals surface area contributed by atoms with Crippen LogP contribution < -0.4 is 0 Å². The number of benzene rings is 1. The summed E-state index contributed by atoms with van der Waals surface area (Å²) in [7, 11) is 0. The number of ether oxygens (including phenoxy) is 1. The predicted molar refractivity (Wildman–Crippen MR) is 79.9 cm³/mol. The Bertz CT molecular complexity index is 503. The molecule has 1 atom stereocenters. The van der Waals surface area contributed by atoms with E-state index in [1.165, 1.54) is 23.1 Å². The third-order valence-electron chi connectivity index (χ3n) is 3.35. The number of hydrogen-bond donors (Lipinski definition) is 1. The zero-order valence-corrected chi connectivity index (χ0v) is 12.9. The van der Waals surface area contributed by atoms with Crippen molar-refractivity contribution in [2.75, 3.05) is 19.8 Å². The highest BCUT2D eigenvalue weighted by atomic mass is 19.1. The molecule has 0 aliphatic heterocycles. The highest BCUT2D eigenvalue weighted by Gasteiger charge is 2.25. The topological polar surface area (TPSA) is 66.8 Å². The SMILES string of the molecule is CCOC(=O)CCN(C(=O)c1ccccc1F)C(CC)CO. The van der Waals surface area contributed by atoms with Crippen LogP contribution in [0.4, 0.5) is 4.39 Å². The van der Waals surface area contributed by atoms with Gasteiger partial charge in [0.05, 0.1) is 31.2 Å². The van der Waals surface area contributed by atoms with E-state index in [4.69, 9.17) is 4.74 Å². The van der Waals surface area contributed by atoms with E-state index in [1.54, 1.807) is 13.0 Å². The lowest BCUT2D eigenvalue weighted by atomic mass is 10.1. The van der Waals surface area contributed by atoms with Gasteiger partial charge in [-0.15, -0.1) is 0 Å². The molecular formula is C16H22FNO4. The maximum absolute atomic E-state index is 13.8. The van der Waals surface area contributed by atoms with E-state index < -0.39 is 23.7 Å². The van der Waals surface area contributed by atoms with Crippen LogP contribution in [0.2, 0.25) is 0 Å². The molecule has 0 aliphatic rings. The average molecular weight is 311 g/mol. The number of aliphatic hydroxyl groups excluding tert-OH is 1. The molecule has 0 saturated carbocycles. The quantitative estimate of drug-likeness (QED) is 0.746. The molecule has 6 heteroatoms. The van der Waals surface area contributed by atoms with Crippen LogP contribution >= 0.6 is 0 Å². The lowest BCUT2D eigenvalue weighted by Crippen LogP contribution is -2.43. The highest BCUT2D eigenvalue weighted by Crippen LogP contribution is 2.15. The van der Waals surface area contributed by atoms with Gasteiger partial charge in [0.2, 0.25) is 0 Å². The molecule has 1 unspecified atom stereocenters. The summed E-state index contributed by atoms with van der Waals surface area (Å²) < 4.78 is 18.6. The molecule has 1 amide bonds. The van der Waals surface area contributed by atoms with Crippen molar-refractivity contribution >= 4 is 11.9 Å². The summed E-state index contributed by atoms with van der Waals surface area (Å²) in [4.78, 5) is 25.3. The number of hydrogen-bond acceptors (Lipinski definition) is 4. The highest BCUT2D eigenvalue weighted by molar-refractivity contribution is 5.94. The molecular weight excluding hydrogens is 289 g/mol. The summed E-state index contributed by atoms with van der Waals surface area (Å²) in [6, 6.07) is 5.19. The molecule has 1 rings (SSSR count). The average Bonchev–Trinajstić information content (AvgIpc) is 2.51. The van der Waals surface area contributed by atoms with Crippen LogP contribution in [0.15, 0.2) is 24.3 Å². The first-order valence-corrected chi connectivity index (χ1v) is 7.37. The minimum Gasteiger partial charge on any atom is -0.466 e. The Hall–Kier alpha value is -1.95. The zero-order valence-electron chi connectivity index (χ0n) is 12.9. The Morgan fingerprint density at radius 1 is 1.32 bits per heavy atom. The van der Waals surface area contributed by atoms with Crippen molar-refractivity contribution in [3.05, 3.63) is 35.6 Å². The Balaban J connectivity index is 2.92. The van der Waals surface area contributed by atoms with E-state index >= 15 is 0 Å². The number of amides is 1. The number of rotatable bonds is 8. The standard InChI is InChI=1S/C16H22FNO4/c1-3-12(11-19)18(10-9-15(20)22-4-2)16(21)13-7-5-6-8-14(13)17/h5-8,12,19H,3-4,9-11H2,1-2H3. The third-order valence-corrected chi connectivity index (χ3v) is 3.35. The Morgan fingerprint density at radius 3 is 2.55 bits per heavy atom. The van der Waals surface area contributed by atoms with E-state index in [0.29, 0.717) is 6.42 Å². The minimum atomic E-state index is -0.624. The van der Waals surface area contributed by atoms with Crippen molar-refractivity contribution in [2.45, 2.75) is 32.7 Å². The minimum absolute atomic E-state index is 0.00450. The molecule has 0 saturated heterocycles. The van der Waals surface area contributed by atoms with Gasteiger partial charge in [0.15, 0.2) is 0 Å². The largest absolute Gasteiger partial charge is 0.466 e. The van der Waals surface area contributed by atoms with Gasteiger partial charge in [0.25, 0.3) is 5.91 Å². The van der Waals surface area contributed by atoms with E-state index in [1.807, 2.05) is 6.92 Å². The summed E-state index contributed by atoms with van der Waals surface area (Å²) in [5.41, 5.74) is -0.0711. The van der Waals surface area contributed by atoms with E-state index in [0.717, 1.165) is 0 Å². The Labute approximate surface area is 129 Å². The molecule has 0 bridgehead atoms. The molecule has 22 heavy (non-hydrogen) atoms. The first-order valence-electron chi connectivity index (χ1n) is 7.37. The molecule has 5 nitrogen and oxygen atoms in total. The van der Waals surface area contributed by atoms with Crippen LogP contribution in [0.1, 0.15) is 37.0 Å². The molecule has 0 spiro atoms. The number of esters is 1. The number of nitrogens with zero attached hydrogens (tertiary/aromatic N) is 1. The van der Waals surface area contributed by atoms with Crippen LogP contribution in [-0.2, 0) is 9.53 Å². The first kappa shape index (κ1) is 18.1. The molecule has 1 N–H and O–H groups in total. The second-order valence-electron chi connectivity index (χ2n) is 4.78. The van der Waals surface area contributed by atoms with Crippen molar-refractivity contribution in [1.29, 1.82) is 0 Å². The molecule has 1 aromatic carbocycles. The Morgan fingerprint density at radius 2 is 2.00 bits per heavy atom. The normalized spacial score (nSPS) is 11.8. The molecule has 0 aliphatic carbocycles. The maximum atomic E-state index is 13.8. The van der Waals surface area contributed by atoms with Gasteiger partial charge in [-0.1, -0.05) is 19.1 Å². The van der Waals surface area contributed by atoms with Crippen molar-refractivity contribution < 1.29 is 23.8 Å². The fraction of sp³-hybridized carbons (Fsp3) is 0.500. The molecule has 0 aromatic heterocycles. The van der Waals surface area contributed by atoms with Gasteiger partial charge in [-0.2, -0.15) is 0 Å². The summed E-state index contributed by atoms with van der Waals surface area (Å²) in [5, 5.41) is 9.43. The molecule has 0 fully saturated rings. The summed E-state index contributed by atoms with van der Waals surface area (Å²) in [6.45, 7) is 3.59. The maximum Gasteiger partial charge on any atom is 0.307 e. The van der Waals surface area contributed by atoms with E-state index in [-0.39, 0.29) is 31.7 Å². The van der Waals surface area contributed by atoms with E-state index in [2.05, 4.69) is 0 Å². The molecule has 0 heterocycles. The second kappa shape index (κ2) is 9.15. The van der Waals surface area contributed by atoms with Crippen molar-refractivity contribution in [3.8, 4) is 0 Å². The number of halogens is 1. The fourth-order valence-electron chi connectivity index (χ4n) is 2.13. The Kier molecular flexibility index (Phi) is 7.52. The third kappa shape index (κ3) is 4.80. The van der Waals surface area contributed by atoms with Crippen LogP contribution in [0.3, 0.4) is 0 Å². The van der Waals surface area contributed by atoms with Gasteiger partial charge in [-0.25, -0.2) is 4.39 Å². The van der Waals surface area contributed by atoms with Crippen molar-refractivity contribution in [3.63, 3.8) is 0 Å². The summed E-state index contributed by atoms with van der Waals surface area (Å²) in [6.07, 6.45) is 0.504. The molecule has 122 valence electrons. The van der Waals surface area contributed by atoms with Crippen LogP contribution in [0.25, 0.3) is 0 Å². The van der Waals surface area contributed by atoms with Gasteiger partial charge < -0.3 is 14.7 Å². The predicted octanol–water partition coefficient (Wildman–Crippen LogP) is 1.99. The van der Waals surface area contributed by atoms with Crippen molar-refractivity contribution in [2.24, 2.45) is 0 Å². The van der Waals surface area contributed by atoms with Gasteiger partial charge in [-0.3, -0.25) is 9.59 Å². The zero-order chi connectivity index (χ0) is 16.5. The van der Waals surface area contributed by atoms with Crippen LogP contribution in [0, 0.1) is 5.82 Å². The number of aliphatic hydroxyl groups is 1. The lowest BCUT2D eigenvalue weighted by Gasteiger charge is -2.30. The van der Waals surface area contributed by atoms with Gasteiger partial charge >= 0.3 is 5.97 Å². The summed E-state index contributed by atoms with van der Waals surface area (Å²) >= 11 is 0. The fourth-order valence-corrected chi connectivity index (χ4v) is 2.13. The second-order valence-corrected chi connectivity index (χ2v) is 4.78. The number of carbonyl (C=O) groups excluding carboxylic acids is 2. The first-order chi connectivity index (χ1) is 10.5. The lowest BCUT2D eigenvalue weighted by molar-refractivity contribution is -0.143. The van der Waals surface area contributed by atoms with Gasteiger partial charge in [-0.05, 0) is 25.5 Å². The smallest absolute Gasteiger partial charge is 0.307 e. The van der Waals surface area contributed by atoms with E-state index in [9.17, 15) is 19.1 Å². The number of carbonyl (C=O) groups is 2. The van der Waals surface area contributed by atoms with Gasteiger partial charge in [0.1, 0.15) is 5.82 Å². The van der Waals surface area contributed by atoms with Crippen LogP contribution in [-0.4, -0.2) is 47.7 Å². The van der Waals surface area contributed by atoms with Crippen LogP contribution in [0.5, 0.6) is 0 Å². The monoisotopic (exact) mass is 311 g/mol. The summed E-state index contributed by atoms with van der Waals surface area (Å²) in [5.74, 6) is -1.59. The molecule has 0 radical (unpaired) electrons. The van der Waals surface area contributed by atoms with Crippen molar-refractivity contribution in [1.82, 2.24) is 4.90 Å². The van der Waals surface area contributed by atoms with Gasteiger partial charge in [0, 0.05) is 6.54 Å². The molecule has 1 aromatic rings.